The first-order chi connectivity index (χ1) is 11.9. The van der Waals surface area contributed by atoms with Crippen molar-refractivity contribution < 1.29 is 0 Å². The Labute approximate surface area is 139 Å². The van der Waals surface area contributed by atoms with Crippen molar-refractivity contribution in [1.29, 1.82) is 0 Å². The summed E-state index contributed by atoms with van der Waals surface area (Å²) in [6, 6.07) is 18.7. The molecule has 2 aliphatic carbocycles. The first-order valence-corrected chi connectivity index (χ1v) is 8.76. The van der Waals surface area contributed by atoms with E-state index in [2.05, 4.69) is 60.7 Å². The molecule has 0 bridgehead atoms. The summed E-state index contributed by atoms with van der Waals surface area (Å²) >= 11 is 0. The van der Waals surface area contributed by atoms with E-state index in [4.69, 9.17) is 0 Å². The third-order valence-electron chi connectivity index (χ3n) is 6.24. The molecular weight excluding hydrogens is 288 g/mol. The normalized spacial score (nSPS) is 15.0. The molecule has 5 aromatic rings. The smallest absolute Gasteiger partial charge is 0.00143 e. The van der Waals surface area contributed by atoms with E-state index in [1.807, 2.05) is 0 Å². The Morgan fingerprint density at radius 1 is 0.417 bits per heavy atom. The predicted molar refractivity (Wildman–Crippen MR) is 104 cm³/mol. The van der Waals surface area contributed by atoms with Gasteiger partial charge in [0.1, 0.15) is 0 Å². The zero-order valence-corrected chi connectivity index (χ0v) is 13.2. The minimum absolute atomic E-state index is 1.19. The zero-order valence-electron chi connectivity index (χ0n) is 13.2. The van der Waals surface area contributed by atoms with Crippen LogP contribution in [-0.2, 0) is 12.8 Å². The number of rotatable bonds is 0. The summed E-state index contributed by atoms with van der Waals surface area (Å²) in [7, 11) is 0. The lowest BCUT2D eigenvalue weighted by Gasteiger charge is -2.16. The van der Waals surface area contributed by atoms with Gasteiger partial charge in [0.05, 0.1) is 0 Å². The van der Waals surface area contributed by atoms with Crippen LogP contribution in [0, 0.1) is 0 Å². The lowest BCUT2D eigenvalue weighted by atomic mass is 9.87. The van der Waals surface area contributed by atoms with E-state index >= 15 is 0 Å². The lowest BCUT2D eigenvalue weighted by Crippen LogP contribution is -1.90. The molecule has 0 amide bonds. The quantitative estimate of drug-likeness (QED) is 0.227. The number of hydrogen-bond donors (Lipinski definition) is 0. The fourth-order valence-electron chi connectivity index (χ4n) is 5.23. The molecule has 0 radical (unpaired) electrons. The van der Waals surface area contributed by atoms with Gasteiger partial charge in [-0.25, -0.2) is 0 Å². The van der Waals surface area contributed by atoms with Crippen molar-refractivity contribution in [2.75, 3.05) is 0 Å². The van der Waals surface area contributed by atoms with Gasteiger partial charge in [-0.05, 0) is 78.2 Å². The first kappa shape index (κ1) is 11.6. The van der Waals surface area contributed by atoms with Crippen molar-refractivity contribution in [1.82, 2.24) is 0 Å². The van der Waals surface area contributed by atoms with Gasteiger partial charge in [-0.3, -0.25) is 0 Å². The van der Waals surface area contributed by atoms with Crippen molar-refractivity contribution in [2.45, 2.75) is 12.8 Å². The molecule has 24 heavy (non-hydrogen) atoms. The minimum Gasteiger partial charge on any atom is -0.0578 e. The molecule has 0 heteroatoms. The molecule has 0 heterocycles. The Bertz CT molecular complexity index is 1260. The van der Waals surface area contributed by atoms with Crippen LogP contribution in [0.15, 0.2) is 48.5 Å². The van der Waals surface area contributed by atoms with Crippen LogP contribution < -0.4 is 0 Å². The molecule has 5 aromatic carbocycles. The summed E-state index contributed by atoms with van der Waals surface area (Å²) in [5, 5.41) is 11.6. The van der Waals surface area contributed by atoms with Gasteiger partial charge in [-0.1, -0.05) is 60.7 Å². The second-order valence-electron chi connectivity index (χ2n) is 7.28. The van der Waals surface area contributed by atoms with E-state index < -0.39 is 0 Å². The minimum atomic E-state index is 1.19. The van der Waals surface area contributed by atoms with Crippen molar-refractivity contribution in [3.63, 3.8) is 0 Å². The number of hydrogen-bond acceptors (Lipinski definition) is 0. The Balaban J connectivity index is 1.92. The largest absolute Gasteiger partial charge is 0.0578 e. The van der Waals surface area contributed by atoms with Gasteiger partial charge < -0.3 is 0 Å². The maximum Gasteiger partial charge on any atom is -0.00143 e. The van der Waals surface area contributed by atoms with Crippen LogP contribution in [0.1, 0.15) is 22.3 Å². The number of aryl methyl sites for hydroxylation is 2. The van der Waals surface area contributed by atoms with E-state index in [0.29, 0.717) is 0 Å². The van der Waals surface area contributed by atoms with Crippen molar-refractivity contribution >= 4 is 55.2 Å². The van der Waals surface area contributed by atoms with Gasteiger partial charge in [-0.15, -0.1) is 0 Å². The van der Waals surface area contributed by atoms with Gasteiger partial charge in [0.2, 0.25) is 0 Å². The van der Waals surface area contributed by atoms with Crippen LogP contribution in [0.5, 0.6) is 0 Å². The molecule has 0 nitrogen and oxygen atoms in total. The second-order valence-corrected chi connectivity index (χ2v) is 7.28. The van der Waals surface area contributed by atoms with E-state index in [1.165, 1.54) is 78.2 Å². The van der Waals surface area contributed by atoms with Crippen molar-refractivity contribution in [3.05, 3.63) is 70.8 Å². The van der Waals surface area contributed by atoms with Gasteiger partial charge in [-0.2, -0.15) is 0 Å². The average Bonchev–Trinajstić information content (AvgIpc) is 3.24. The van der Waals surface area contributed by atoms with Crippen LogP contribution in [0.2, 0.25) is 0 Å². The maximum atomic E-state index is 2.37. The fraction of sp³-hybridized carbons (Fsp3) is 0.0833. The highest BCUT2D eigenvalue weighted by molar-refractivity contribution is 6.35. The Morgan fingerprint density at radius 3 is 1.42 bits per heavy atom. The molecular formula is C24H14. The van der Waals surface area contributed by atoms with Crippen molar-refractivity contribution in [2.24, 2.45) is 0 Å². The van der Waals surface area contributed by atoms with E-state index in [1.54, 1.807) is 0 Å². The zero-order chi connectivity index (χ0) is 15.4. The third kappa shape index (κ3) is 1.12. The van der Waals surface area contributed by atoms with Gasteiger partial charge in [0.15, 0.2) is 0 Å². The van der Waals surface area contributed by atoms with Crippen LogP contribution in [0.4, 0.5) is 0 Å². The van der Waals surface area contributed by atoms with Crippen LogP contribution >= 0.6 is 0 Å². The average molecular weight is 302 g/mol. The molecule has 0 unspecified atom stereocenters. The highest BCUT2D eigenvalue weighted by Crippen LogP contribution is 2.46. The molecule has 0 spiro atoms. The molecule has 0 saturated carbocycles. The summed E-state index contributed by atoms with van der Waals surface area (Å²) in [6.07, 6.45) is 6.90. The molecule has 0 N–H and O–H groups in total. The van der Waals surface area contributed by atoms with Crippen molar-refractivity contribution in [3.8, 4) is 0 Å². The Morgan fingerprint density at radius 2 is 0.875 bits per heavy atom. The molecule has 0 saturated heterocycles. The van der Waals surface area contributed by atoms with E-state index in [9.17, 15) is 0 Å². The third-order valence-corrected chi connectivity index (χ3v) is 6.24. The standard InChI is InChI=1S/C24H14/c1-2-14-6-10-18-20-12-8-16-4-3-15-7-11-19(24(20)22(15)16)17-9-5-13(1)21(14)23(17)18/h1-2,5-12H,3-4H2. The highest BCUT2D eigenvalue weighted by atomic mass is 14.2. The summed E-state index contributed by atoms with van der Waals surface area (Å²) in [6.45, 7) is 0. The summed E-state index contributed by atoms with van der Waals surface area (Å²) in [5.74, 6) is 0. The second kappa shape index (κ2) is 3.62. The van der Waals surface area contributed by atoms with Crippen LogP contribution in [0.25, 0.3) is 55.2 Å². The highest BCUT2D eigenvalue weighted by Gasteiger charge is 2.21. The lowest BCUT2D eigenvalue weighted by molar-refractivity contribution is 1.02. The molecule has 0 fully saturated rings. The Kier molecular flexibility index (Phi) is 1.76. The Hall–Kier alpha value is -2.86. The van der Waals surface area contributed by atoms with Gasteiger partial charge in [0.25, 0.3) is 0 Å². The molecule has 110 valence electrons. The van der Waals surface area contributed by atoms with Gasteiger partial charge >= 0.3 is 0 Å². The van der Waals surface area contributed by atoms with E-state index in [0.717, 1.165) is 0 Å². The molecule has 0 aliphatic heterocycles. The SMILES string of the molecule is C1=Cc2ccc3c4ccc5c6c(ccc(c7ccc1c2c73)c64)CC5. The predicted octanol–water partition coefficient (Wildman–Crippen LogP) is 6.32. The summed E-state index contributed by atoms with van der Waals surface area (Å²) in [5.41, 5.74) is 5.79. The summed E-state index contributed by atoms with van der Waals surface area (Å²) in [4.78, 5) is 0. The molecule has 0 aromatic heterocycles. The molecule has 0 atom stereocenters. The fourth-order valence-corrected chi connectivity index (χ4v) is 5.23. The molecule has 2 aliphatic rings. The monoisotopic (exact) mass is 302 g/mol. The van der Waals surface area contributed by atoms with Crippen LogP contribution in [0.3, 0.4) is 0 Å². The summed E-state index contributed by atoms with van der Waals surface area (Å²) < 4.78 is 0. The van der Waals surface area contributed by atoms with E-state index in [-0.39, 0.29) is 0 Å². The molecule has 7 rings (SSSR count). The number of benzene rings is 5. The first-order valence-electron chi connectivity index (χ1n) is 8.76. The number of fused-ring (bicyclic) bond motifs is 2. The van der Waals surface area contributed by atoms with Crippen LogP contribution in [-0.4, -0.2) is 0 Å². The maximum absolute atomic E-state index is 2.37. The van der Waals surface area contributed by atoms with Gasteiger partial charge in [0, 0.05) is 0 Å². The topological polar surface area (TPSA) is 0 Å².